The van der Waals surface area contributed by atoms with Crippen LogP contribution in [-0.2, 0) is 16.6 Å². The minimum atomic E-state index is -3.46. The first-order chi connectivity index (χ1) is 9.12. The summed E-state index contributed by atoms with van der Waals surface area (Å²) < 4.78 is 33.5. The molecule has 0 bridgehead atoms. The quantitative estimate of drug-likeness (QED) is 0.871. The highest BCUT2D eigenvalue weighted by atomic mass is 32.2. The highest BCUT2D eigenvalue weighted by molar-refractivity contribution is 7.89. The fraction of sp³-hybridized carbons (Fsp3) is 0.231. The van der Waals surface area contributed by atoms with Crippen molar-refractivity contribution < 1.29 is 13.2 Å². The number of aromatic nitrogens is 1. The van der Waals surface area contributed by atoms with Crippen molar-refractivity contribution >= 4 is 10.0 Å². The second-order valence-electron chi connectivity index (χ2n) is 3.99. The van der Waals surface area contributed by atoms with Gasteiger partial charge in [0.2, 0.25) is 10.0 Å². The Morgan fingerprint density at radius 2 is 1.79 bits per heavy atom. The molecule has 1 aromatic heterocycles. The van der Waals surface area contributed by atoms with E-state index in [9.17, 15) is 8.42 Å². The molecular weight excluding hydrogens is 264 g/mol. The van der Waals surface area contributed by atoms with Crippen LogP contribution in [0.1, 0.15) is 0 Å². The lowest BCUT2D eigenvalue weighted by Gasteiger charge is -2.08. The Balaban J connectivity index is 1.97. The molecule has 5 nitrogen and oxygen atoms in total. The van der Waals surface area contributed by atoms with Crippen molar-refractivity contribution in [3.05, 3.63) is 48.8 Å². The third kappa shape index (κ3) is 3.59. The fourth-order valence-corrected chi connectivity index (χ4v) is 2.69. The number of methoxy groups -OCH3 is 1. The summed E-state index contributed by atoms with van der Waals surface area (Å²) in [5, 5.41) is 0. The molecule has 0 radical (unpaired) electrons. The normalized spacial score (nSPS) is 11.4. The zero-order chi connectivity index (χ0) is 13.7. The smallest absolute Gasteiger partial charge is 0.240 e. The SMILES string of the molecule is COc1ccc(S(=O)(=O)NCCn2cccc2)cc1. The summed E-state index contributed by atoms with van der Waals surface area (Å²) in [6, 6.07) is 10.1. The van der Waals surface area contributed by atoms with E-state index in [-0.39, 0.29) is 4.90 Å². The molecule has 0 unspecified atom stereocenters. The molecule has 0 spiro atoms. The van der Waals surface area contributed by atoms with Crippen LogP contribution in [0.25, 0.3) is 0 Å². The Bertz CT molecular complexity index is 604. The monoisotopic (exact) mass is 280 g/mol. The Morgan fingerprint density at radius 1 is 1.16 bits per heavy atom. The van der Waals surface area contributed by atoms with Crippen LogP contribution >= 0.6 is 0 Å². The van der Waals surface area contributed by atoms with Gasteiger partial charge in [0.15, 0.2) is 0 Å². The van der Waals surface area contributed by atoms with Gasteiger partial charge in [-0.15, -0.1) is 0 Å². The maximum Gasteiger partial charge on any atom is 0.240 e. The van der Waals surface area contributed by atoms with E-state index in [0.29, 0.717) is 18.8 Å². The third-order valence-corrected chi connectivity index (χ3v) is 4.17. The molecule has 0 saturated heterocycles. The number of nitrogens with one attached hydrogen (secondary N) is 1. The van der Waals surface area contributed by atoms with Crippen LogP contribution in [0, 0.1) is 0 Å². The van der Waals surface area contributed by atoms with Gasteiger partial charge >= 0.3 is 0 Å². The summed E-state index contributed by atoms with van der Waals surface area (Å²) in [5.41, 5.74) is 0. The highest BCUT2D eigenvalue weighted by Gasteiger charge is 2.12. The summed E-state index contributed by atoms with van der Waals surface area (Å²) >= 11 is 0. The summed E-state index contributed by atoms with van der Waals surface area (Å²) in [6.45, 7) is 0.950. The summed E-state index contributed by atoms with van der Waals surface area (Å²) in [4.78, 5) is 0.237. The van der Waals surface area contributed by atoms with Gasteiger partial charge in [-0.05, 0) is 36.4 Å². The van der Waals surface area contributed by atoms with E-state index >= 15 is 0 Å². The van der Waals surface area contributed by atoms with E-state index in [2.05, 4.69) is 4.72 Å². The van der Waals surface area contributed by atoms with Crippen molar-refractivity contribution in [2.24, 2.45) is 0 Å². The minimum absolute atomic E-state index is 0.237. The second kappa shape index (κ2) is 5.90. The molecule has 0 aliphatic heterocycles. The van der Waals surface area contributed by atoms with Crippen molar-refractivity contribution in [2.75, 3.05) is 13.7 Å². The van der Waals surface area contributed by atoms with Gasteiger partial charge in [0.1, 0.15) is 5.75 Å². The summed E-state index contributed by atoms with van der Waals surface area (Å²) in [5.74, 6) is 0.631. The molecule has 0 aliphatic rings. The Hall–Kier alpha value is -1.79. The average molecular weight is 280 g/mol. The number of hydrogen-bond acceptors (Lipinski definition) is 3. The maximum absolute atomic E-state index is 12.0. The van der Waals surface area contributed by atoms with E-state index in [0.717, 1.165) is 0 Å². The van der Waals surface area contributed by atoms with Crippen molar-refractivity contribution in [2.45, 2.75) is 11.4 Å². The first kappa shape index (κ1) is 13.6. The molecular formula is C13H16N2O3S. The van der Waals surface area contributed by atoms with Gasteiger partial charge in [-0.2, -0.15) is 0 Å². The van der Waals surface area contributed by atoms with Gasteiger partial charge in [0, 0.05) is 25.5 Å². The molecule has 2 aromatic rings. The number of sulfonamides is 1. The average Bonchev–Trinajstić information content (AvgIpc) is 2.92. The topological polar surface area (TPSA) is 60.3 Å². The van der Waals surface area contributed by atoms with Crippen LogP contribution in [0.4, 0.5) is 0 Å². The second-order valence-corrected chi connectivity index (χ2v) is 5.76. The molecule has 102 valence electrons. The van der Waals surface area contributed by atoms with Crippen molar-refractivity contribution in [3.63, 3.8) is 0 Å². The van der Waals surface area contributed by atoms with Gasteiger partial charge in [0.05, 0.1) is 12.0 Å². The van der Waals surface area contributed by atoms with Crippen molar-refractivity contribution in [3.8, 4) is 5.75 Å². The van der Waals surface area contributed by atoms with Gasteiger partial charge in [-0.25, -0.2) is 13.1 Å². The van der Waals surface area contributed by atoms with E-state index in [1.807, 2.05) is 29.1 Å². The summed E-state index contributed by atoms with van der Waals surface area (Å²) in [7, 11) is -1.92. The van der Waals surface area contributed by atoms with E-state index in [1.165, 1.54) is 12.1 Å². The number of ether oxygens (including phenoxy) is 1. The molecule has 0 fully saturated rings. The van der Waals surface area contributed by atoms with Gasteiger partial charge < -0.3 is 9.30 Å². The minimum Gasteiger partial charge on any atom is -0.497 e. The molecule has 0 amide bonds. The standard InChI is InChI=1S/C13H16N2O3S/c1-18-12-4-6-13(7-5-12)19(16,17)14-8-11-15-9-2-3-10-15/h2-7,9-10,14H,8,11H2,1H3. The van der Waals surface area contributed by atoms with Crippen molar-refractivity contribution in [1.29, 1.82) is 0 Å². The molecule has 6 heteroatoms. The molecule has 19 heavy (non-hydrogen) atoms. The zero-order valence-electron chi connectivity index (χ0n) is 10.6. The van der Waals surface area contributed by atoms with Crippen LogP contribution in [0.15, 0.2) is 53.7 Å². The predicted octanol–water partition coefficient (Wildman–Crippen LogP) is 1.48. The van der Waals surface area contributed by atoms with Crippen LogP contribution in [-0.4, -0.2) is 26.6 Å². The number of hydrogen-bond donors (Lipinski definition) is 1. The number of rotatable bonds is 6. The number of nitrogens with zero attached hydrogens (tertiary/aromatic N) is 1. The van der Waals surface area contributed by atoms with Gasteiger partial charge in [-0.1, -0.05) is 0 Å². The molecule has 0 atom stereocenters. The lowest BCUT2D eigenvalue weighted by molar-refractivity contribution is 0.414. The predicted molar refractivity (Wildman–Crippen MR) is 72.6 cm³/mol. The zero-order valence-corrected chi connectivity index (χ0v) is 11.4. The van der Waals surface area contributed by atoms with Crippen molar-refractivity contribution in [1.82, 2.24) is 9.29 Å². The Kier molecular flexibility index (Phi) is 4.24. The fourth-order valence-electron chi connectivity index (χ4n) is 1.67. The van der Waals surface area contributed by atoms with Crippen LogP contribution < -0.4 is 9.46 Å². The Labute approximate surface area is 112 Å². The van der Waals surface area contributed by atoms with E-state index < -0.39 is 10.0 Å². The lowest BCUT2D eigenvalue weighted by Crippen LogP contribution is -2.27. The van der Waals surface area contributed by atoms with Gasteiger partial charge in [0.25, 0.3) is 0 Å². The maximum atomic E-state index is 12.0. The molecule has 2 rings (SSSR count). The molecule has 1 heterocycles. The molecule has 0 saturated carbocycles. The van der Waals surface area contributed by atoms with E-state index in [1.54, 1.807) is 19.2 Å². The van der Waals surface area contributed by atoms with Gasteiger partial charge in [-0.3, -0.25) is 0 Å². The third-order valence-electron chi connectivity index (χ3n) is 2.70. The number of benzene rings is 1. The molecule has 0 aliphatic carbocycles. The first-order valence-electron chi connectivity index (χ1n) is 5.86. The van der Waals surface area contributed by atoms with E-state index in [4.69, 9.17) is 4.74 Å². The largest absolute Gasteiger partial charge is 0.497 e. The van der Waals surface area contributed by atoms with Crippen LogP contribution in [0.2, 0.25) is 0 Å². The first-order valence-corrected chi connectivity index (χ1v) is 7.34. The highest BCUT2D eigenvalue weighted by Crippen LogP contribution is 2.15. The molecule has 1 N–H and O–H groups in total. The Morgan fingerprint density at radius 3 is 2.37 bits per heavy atom. The summed E-state index contributed by atoms with van der Waals surface area (Å²) in [6.07, 6.45) is 3.78. The van der Waals surface area contributed by atoms with Crippen LogP contribution in [0.5, 0.6) is 5.75 Å². The molecule has 1 aromatic carbocycles. The lowest BCUT2D eigenvalue weighted by atomic mass is 10.3. The van der Waals surface area contributed by atoms with Crippen LogP contribution in [0.3, 0.4) is 0 Å².